The van der Waals surface area contributed by atoms with E-state index in [0.29, 0.717) is 18.0 Å². The maximum atomic E-state index is 6.40. The molecule has 0 saturated carbocycles. The lowest BCUT2D eigenvalue weighted by Crippen LogP contribution is -2.45. The molecule has 1 aromatic rings. The minimum atomic E-state index is 0.100. The molecule has 2 saturated heterocycles. The molecule has 2 fully saturated rings. The first-order valence-corrected chi connectivity index (χ1v) is 8.42. The Morgan fingerprint density at radius 3 is 2.67 bits per heavy atom. The first-order valence-electron chi connectivity index (χ1n) is 8.05. The molecule has 1 aromatic heterocycles. The molecule has 2 bridgehead atoms. The van der Waals surface area contributed by atoms with Crippen molar-refractivity contribution >= 4 is 11.6 Å². The van der Waals surface area contributed by atoms with Crippen LogP contribution < -0.4 is 11.3 Å². The number of hydrogen-bond donors (Lipinski definition) is 2. The number of fused-ring (bicyclic) bond motifs is 2. The van der Waals surface area contributed by atoms with Gasteiger partial charge in [-0.3, -0.25) is 16.0 Å². The van der Waals surface area contributed by atoms with Gasteiger partial charge in [0.05, 0.1) is 23.0 Å². The zero-order valence-corrected chi connectivity index (χ0v) is 13.7. The zero-order chi connectivity index (χ0) is 15.0. The second kappa shape index (κ2) is 6.24. The van der Waals surface area contributed by atoms with Crippen LogP contribution in [0.5, 0.6) is 0 Å². The Balaban J connectivity index is 1.84. The number of nitrogens with zero attached hydrogens (tertiary/aromatic N) is 3. The molecule has 0 aliphatic carbocycles. The Morgan fingerprint density at radius 2 is 2.10 bits per heavy atom. The normalized spacial score (nSPS) is 30.8. The number of hydrogen-bond acceptors (Lipinski definition) is 4. The van der Waals surface area contributed by atoms with E-state index in [9.17, 15) is 0 Å². The van der Waals surface area contributed by atoms with Gasteiger partial charge in [-0.05, 0) is 45.1 Å². The lowest BCUT2D eigenvalue weighted by molar-refractivity contribution is 0.110. The highest BCUT2D eigenvalue weighted by atomic mass is 35.5. The summed E-state index contributed by atoms with van der Waals surface area (Å²) in [4.78, 5) is 2.55. The molecule has 3 unspecified atom stereocenters. The van der Waals surface area contributed by atoms with Crippen LogP contribution in [0.1, 0.15) is 50.8 Å². The molecule has 5 nitrogen and oxygen atoms in total. The molecule has 118 valence electrons. The largest absolute Gasteiger partial charge is 0.300 e. The van der Waals surface area contributed by atoms with Gasteiger partial charge in [-0.2, -0.15) is 5.10 Å². The summed E-state index contributed by atoms with van der Waals surface area (Å²) in [6.45, 7) is 3.04. The highest BCUT2D eigenvalue weighted by Crippen LogP contribution is 2.43. The number of aromatic nitrogens is 2. The smallest absolute Gasteiger partial charge is 0.0834 e. The van der Waals surface area contributed by atoms with Gasteiger partial charge in [0, 0.05) is 18.6 Å². The van der Waals surface area contributed by atoms with E-state index in [4.69, 9.17) is 17.4 Å². The molecule has 3 rings (SSSR count). The van der Waals surface area contributed by atoms with Crippen molar-refractivity contribution in [2.45, 2.75) is 63.7 Å². The summed E-state index contributed by atoms with van der Waals surface area (Å²) < 4.78 is 2.02. The lowest BCUT2D eigenvalue weighted by Gasteiger charge is -2.39. The van der Waals surface area contributed by atoms with E-state index < -0.39 is 0 Å². The summed E-state index contributed by atoms with van der Waals surface area (Å²) in [5.74, 6) is 6.45. The molecule has 0 spiro atoms. The highest BCUT2D eigenvalue weighted by molar-refractivity contribution is 6.31. The molecule has 0 amide bonds. The van der Waals surface area contributed by atoms with Crippen LogP contribution in [0.2, 0.25) is 5.02 Å². The molecule has 0 radical (unpaired) electrons. The van der Waals surface area contributed by atoms with Crippen LogP contribution in [0.15, 0.2) is 6.20 Å². The standard InChI is InChI=1S/C15H26ClN5/c1-3-6-21-15(13(16)9-18-21)14(19-17)10-7-11-4-5-12(8-10)20(11)2/h9-12,14,19H,3-8,17H2,1-2H3. The number of nitrogens with one attached hydrogen (secondary N) is 1. The zero-order valence-electron chi connectivity index (χ0n) is 12.9. The maximum Gasteiger partial charge on any atom is 0.0834 e. The Morgan fingerprint density at radius 1 is 1.43 bits per heavy atom. The first kappa shape index (κ1) is 15.3. The van der Waals surface area contributed by atoms with Gasteiger partial charge in [-0.1, -0.05) is 18.5 Å². The van der Waals surface area contributed by atoms with Crippen LogP contribution in [0.3, 0.4) is 0 Å². The van der Waals surface area contributed by atoms with Gasteiger partial charge >= 0.3 is 0 Å². The van der Waals surface area contributed by atoms with Crippen molar-refractivity contribution in [2.75, 3.05) is 7.05 Å². The summed E-state index contributed by atoms with van der Waals surface area (Å²) in [6.07, 6.45) is 7.81. The number of aryl methyl sites for hydroxylation is 1. The average molecular weight is 312 g/mol. The van der Waals surface area contributed by atoms with Crippen molar-refractivity contribution in [1.29, 1.82) is 0 Å². The van der Waals surface area contributed by atoms with Gasteiger partial charge in [-0.25, -0.2) is 0 Å². The number of hydrazine groups is 1. The molecule has 3 atom stereocenters. The Kier molecular flexibility index (Phi) is 4.54. The molecule has 2 aliphatic rings. The molecular formula is C15H26ClN5. The number of rotatable bonds is 5. The van der Waals surface area contributed by atoms with Gasteiger partial charge in [0.1, 0.15) is 0 Å². The van der Waals surface area contributed by atoms with Crippen LogP contribution in [0.4, 0.5) is 0 Å². The first-order chi connectivity index (χ1) is 10.2. The molecule has 6 heteroatoms. The van der Waals surface area contributed by atoms with Gasteiger partial charge in [-0.15, -0.1) is 0 Å². The van der Waals surface area contributed by atoms with Gasteiger partial charge < -0.3 is 4.90 Å². The third-order valence-corrected chi connectivity index (χ3v) is 5.64. The highest BCUT2D eigenvalue weighted by Gasteiger charge is 2.42. The quantitative estimate of drug-likeness (QED) is 0.647. The van der Waals surface area contributed by atoms with E-state index >= 15 is 0 Å². The second-order valence-corrected chi connectivity index (χ2v) is 6.93. The second-order valence-electron chi connectivity index (χ2n) is 6.53. The Bertz CT molecular complexity index is 474. The number of nitrogens with two attached hydrogens (primary N) is 1. The van der Waals surface area contributed by atoms with E-state index in [2.05, 4.69) is 29.4 Å². The SMILES string of the molecule is CCCn1ncc(Cl)c1C(NN)C1CC2CCC(C1)N2C. The predicted octanol–water partition coefficient (Wildman–Crippen LogP) is 2.32. The topological polar surface area (TPSA) is 59.1 Å². The molecule has 3 heterocycles. The third-order valence-electron chi connectivity index (χ3n) is 5.35. The molecule has 21 heavy (non-hydrogen) atoms. The van der Waals surface area contributed by atoms with E-state index in [1.54, 1.807) is 6.20 Å². The predicted molar refractivity (Wildman–Crippen MR) is 84.9 cm³/mol. The van der Waals surface area contributed by atoms with E-state index in [0.717, 1.165) is 23.7 Å². The van der Waals surface area contributed by atoms with Crippen LogP contribution in [0, 0.1) is 5.92 Å². The summed E-state index contributed by atoms with van der Waals surface area (Å²) >= 11 is 6.40. The van der Waals surface area contributed by atoms with Gasteiger partial charge in [0.2, 0.25) is 0 Å². The fraction of sp³-hybridized carbons (Fsp3) is 0.800. The van der Waals surface area contributed by atoms with E-state index in [1.165, 1.54) is 25.7 Å². The fourth-order valence-electron chi connectivity index (χ4n) is 4.24. The summed E-state index contributed by atoms with van der Waals surface area (Å²) in [5, 5.41) is 5.15. The van der Waals surface area contributed by atoms with E-state index in [1.807, 2.05) is 4.68 Å². The number of piperidine rings is 1. The maximum absolute atomic E-state index is 6.40. The molecular weight excluding hydrogens is 286 g/mol. The van der Waals surface area contributed by atoms with E-state index in [-0.39, 0.29) is 6.04 Å². The third kappa shape index (κ3) is 2.72. The van der Waals surface area contributed by atoms with Crippen molar-refractivity contribution in [3.05, 3.63) is 16.9 Å². The van der Waals surface area contributed by atoms with Crippen molar-refractivity contribution in [3.8, 4) is 0 Å². The van der Waals surface area contributed by atoms with Gasteiger partial charge in [0.15, 0.2) is 0 Å². The van der Waals surface area contributed by atoms with Crippen LogP contribution in [0.25, 0.3) is 0 Å². The summed E-state index contributed by atoms with van der Waals surface area (Å²) in [6, 6.07) is 1.50. The molecule has 2 aliphatic heterocycles. The minimum absolute atomic E-state index is 0.100. The summed E-state index contributed by atoms with van der Waals surface area (Å²) in [5.41, 5.74) is 4.10. The molecule has 0 aromatic carbocycles. The molecule has 3 N–H and O–H groups in total. The summed E-state index contributed by atoms with van der Waals surface area (Å²) in [7, 11) is 2.26. The Hall–Kier alpha value is -0.620. The van der Waals surface area contributed by atoms with Crippen molar-refractivity contribution in [2.24, 2.45) is 11.8 Å². The lowest BCUT2D eigenvalue weighted by atomic mass is 9.84. The monoisotopic (exact) mass is 311 g/mol. The van der Waals surface area contributed by atoms with Crippen LogP contribution >= 0.6 is 11.6 Å². The minimum Gasteiger partial charge on any atom is -0.300 e. The average Bonchev–Trinajstić information content (AvgIpc) is 2.90. The van der Waals surface area contributed by atoms with Crippen molar-refractivity contribution < 1.29 is 0 Å². The van der Waals surface area contributed by atoms with Crippen LogP contribution in [-0.4, -0.2) is 33.8 Å². The van der Waals surface area contributed by atoms with Gasteiger partial charge in [0.25, 0.3) is 0 Å². The van der Waals surface area contributed by atoms with Crippen molar-refractivity contribution in [3.63, 3.8) is 0 Å². The van der Waals surface area contributed by atoms with Crippen molar-refractivity contribution in [1.82, 2.24) is 20.1 Å². The number of halogens is 1. The van der Waals surface area contributed by atoms with Crippen LogP contribution in [-0.2, 0) is 6.54 Å². The fourth-order valence-corrected chi connectivity index (χ4v) is 4.49. The Labute approximate surface area is 131 Å².